The van der Waals surface area contributed by atoms with E-state index in [1.165, 1.54) is 0 Å². The molecule has 0 fully saturated rings. The van der Waals surface area contributed by atoms with E-state index < -0.39 is 21.4 Å². The van der Waals surface area contributed by atoms with Gasteiger partial charge in [0.05, 0.1) is 11.4 Å². The molecule has 0 spiro atoms. The summed E-state index contributed by atoms with van der Waals surface area (Å²) in [7, 11) is -9.95. The summed E-state index contributed by atoms with van der Waals surface area (Å²) in [6.07, 6.45) is 0. The maximum Gasteiger partial charge on any atom is 0.171 e. The number of benzene rings is 9. The van der Waals surface area contributed by atoms with Crippen LogP contribution in [0, 0.1) is 0 Å². The van der Waals surface area contributed by atoms with Crippen LogP contribution in [0.3, 0.4) is 0 Å². The molecule has 0 amide bonds. The number of rotatable bonds is 12. The average Bonchev–Trinajstić information content (AvgIpc) is 3.41. The molecule has 10 aromatic rings. The van der Waals surface area contributed by atoms with Crippen LogP contribution in [0.15, 0.2) is 267 Å². The van der Waals surface area contributed by atoms with Gasteiger partial charge >= 0.3 is 0 Å². The number of hydrogen-bond acceptors (Lipinski definition) is 4. The molecule has 1 aromatic heterocycles. The Hall–Kier alpha value is -7.18. The molecule has 66 heavy (non-hydrogen) atoms. The third-order valence-corrected chi connectivity index (χ3v) is 21.3. The summed E-state index contributed by atoms with van der Waals surface area (Å²) in [5.74, 6) is 0. The van der Waals surface area contributed by atoms with Gasteiger partial charge in [0, 0.05) is 58.9 Å². The number of nitrogens with zero attached hydrogens (tertiary/aromatic N) is 1. The van der Waals surface area contributed by atoms with Crippen LogP contribution in [0.25, 0.3) is 33.6 Å². The van der Waals surface area contributed by atoms with Gasteiger partial charge in [-0.25, -0.2) is 4.98 Å². The molecular weight excluding hydrogens is 864 g/mol. The Morgan fingerprint density at radius 2 is 0.439 bits per heavy atom. The maximum atomic E-state index is 15.6. The molecule has 7 heteroatoms. The van der Waals surface area contributed by atoms with Gasteiger partial charge in [-0.3, -0.25) is 0 Å². The van der Waals surface area contributed by atoms with E-state index in [4.69, 9.17) is 4.98 Å². The first-order chi connectivity index (χ1) is 32.3. The van der Waals surface area contributed by atoms with Crippen molar-refractivity contribution in [2.45, 2.75) is 0 Å². The van der Waals surface area contributed by atoms with Gasteiger partial charge in [0.2, 0.25) is 0 Å². The van der Waals surface area contributed by atoms with E-state index in [9.17, 15) is 0 Å². The minimum atomic E-state index is -3.32. The highest BCUT2D eigenvalue weighted by molar-refractivity contribution is 7.86. The van der Waals surface area contributed by atoms with Crippen molar-refractivity contribution in [2.75, 3.05) is 0 Å². The quantitative estimate of drug-likeness (QED) is 0.115. The molecule has 0 atom stereocenters. The van der Waals surface area contributed by atoms with Crippen molar-refractivity contribution in [3.05, 3.63) is 267 Å². The van der Waals surface area contributed by atoms with E-state index in [2.05, 4.69) is 12.1 Å². The molecule has 0 N–H and O–H groups in total. The van der Waals surface area contributed by atoms with Gasteiger partial charge in [0.25, 0.3) is 0 Å². The molecule has 0 saturated carbocycles. The highest BCUT2D eigenvalue weighted by Crippen LogP contribution is 2.46. The van der Waals surface area contributed by atoms with Crippen LogP contribution < -0.4 is 47.7 Å². The fraction of sp³-hybridized carbons (Fsp3) is 0. The fourth-order valence-corrected chi connectivity index (χ4v) is 16.9. The molecule has 0 bridgehead atoms. The standard InChI is InChI=1S/C59H44NO3P3/c61-64(49-25-7-1-8-26-49,50-27-9-2-10-28-50)55-37-19-22-45(40-55)48-43-58(46-23-20-38-56(41-46)65(62,51-29-11-3-12-30-51)52-31-13-4-14-32-52)60-59(44-48)47-24-21-39-57(42-47)66(63,53-33-15-5-16-34-53)54-35-17-6-18-36-54/h1-44H. The minimum absolute atomic E-state index is 0.663. The molecule has 0 aliphatic rings. The Bertz CT molecular complexity index is 2930. The Morgan fingerprint density at radius 3 is 0.712 bits per heavy atom. The summed E-state index contributed by atoms with van der Waals surface area (Å²) in [5.41, 5.74) is 4.61. The molecule has 0 aliphatic heterocycles. The number of hydrogen-bond donors (Lipinski definition) is 0. The fourth-order valence-electron chi connectivity index (χ4n) is 8.77. The highest BCUT2D eigenvalue weighted by Gasteiger charge is 2.33. The largest absolute Gasteiger partial charge is 0.309 e. The van der Waals surface area contributed by atoms with E-state index in [-0.39, 0.29) is 0 Å². The third kappa shape index (κ3) is 7.99. The third-order valence-electron chi connectivity index (χ3n) is 12.1. The van der Waals surface area contributed by atoms with Gasteiger partial charge < -0.3 is 13.7 Å². The highest BCUT2D eigenvalue weighted by atomic mass is 31.2. The molecule has 10 rings (SSSR count). The van der Waals surface area contributed by atoms with Crippen molar-refractivity contribution in [1.82, 2.24) is 4.98 Å². The van der Waals surface area contributed by atoms with Crippen LogP contribution in [0.4, 0.5) is 0 Å². The van der Waals surface area contributed by atoms with Crippen LogP contribution in [0.5, 0.6) is 0 Å². The van der Waals surface area contributed by atoms with Gasteiger partial charge in [-0.2, -0.15) is 0 Å². The number of pyridine rings is 1. The van der Waals surface area contributed by atoms with Crippen molar-refractivity contribution in [3.63, 3.8) is 0 Å². The minimum Gasteiger partial charge on any atom is -0.309 e. The lowest BCUT2D eigenvalue weighted by atomic mass is 10.00. The molecule has 0 unspecified atom stereocenters. The first-order valence-electron chi connectivity index (χ1n) is 21.8. The molecule has 0 saturated heterocycles. The number of aromatic nitrogens is 1. The topological polar surface area (TPSA) is 64.1 Å². The summed E-state index contributed by atoms with van der Waals surface area (Å²) in [4.78, 5) is 5.37. The summed E-state index contributed by atoms with van der Waals surface area (Å²) < 4.78 is 46.9. The lowest BCUT2D eigenvalue weighted by molar-refractivity contribution is 0.591. The molecule has 1 heterocycles. The van der Waals surface area contributed by atoms with Crippen molar-refractivity contribution in [2.24, 2.45) is 0 Å². The van der Waals surface area contributed by atoms with Gasteiger partial charge in [-0.1, -0.05) is 237 Å². The maximum absolute atomic E-state index is 15.6. The Balaban J connectivity index is 1.18. The van der Waals surface area contributed by atoms with Gasteiger partial charge in [0.1, 0.15) is 0 Å². The van der Waals surface area contributed by atoms with E-state index in [0.29, 0.717) is 27.3 Å². The predicted octanol–water partition coefficient (Wildman–Crippen LogP) is 11.0. The Labute approximate surface area is 386 Å². The molecule has 4 nitrogen and oxygen atoms in total. The van der Waals surface area contributed by atoms with E-state index >= 15 is 13.7 Å². The smallest absolute Gasteiger partial charge is 0.171 e. The zero-order valence-electron chi connectivity index (χ0n) is 35.9. The lowest BCUT2D eigenvalue weighted by Gasteiger charge is -2.22. The van der Waals surface area contributed by atoms with Crippen LogP contribution in [0.2, 0.25) is 0 Å². The Morgan fingerprint density at radius 1 is 0.212 bits per heavy atom. The normalized spacial score (nSPS) is 11.8. The first-order valence-corrected chi connectivity index (χ1v) is 27.0. The summed E-state index contributed by atoms with van der Waals surface area (Å²) in [6.45, 7) is 0. The summed E-state index contributed by atoms with van der Waals surface area (Å²) in [5, 5.41) is 6.56. The van der Waals surface area contributed by atoms with Crippen molar-refractivity contribution in [3.8, 4) is 33.6 Å². The molecular formula is C59H44NO3P3. The molecule has 0 radical (unpaired) electrons. The lowest BCUT2D eigenvalue weighted by Crippen LogP contribution is -2.25. The SMILES string of the molecule is O=P(c1ccccc1)(c1ccccc1)c1cccc(-c2cc(-c3cccc(P(=O)(c4ccccc4)c4ccccc4)c3)nc(-c3cccc(P(=O)(c4ccccc4)c4ccccc4)c3)c2)c1. The van der Waals surface area contributed by atoms with Gasteiger partial charge in [-0.05, 0) is 41.5 Å². The average molecular weight is 908 g/mol. The van der Waals surface area contributed by atoms with Crippen molar-refractivity contribution in [1.29, 1.82) is 0 Å². The van der Waals surface area contributed by atoms with Gasteiger partial charge in [0.15, 0.2) is 21.4 Å². The molecule has 9 aromatic carbocycles. The van der Waals surface area contributed by atoms with Crippen LogP contribution >= 0.6 is 21.4 Å². The van der Waals surface area contributed by atoms with Crippen molar-refractivity contribution >= 4 is 69.2 Å². The van der Waals surface area contributed by atoms with E-state index in [0.717, 1.165) is 54.1 Å². The second-order valence-corrected chi connectivity index (χ2v) is 24.4. The molecule has 318 valence electrons. The second-order valence-electron chi connectivity index (χ2n) is 16.1. The zero-order chi connectivity index (χ0) is 45.0. The van der Waals surface area contributed by atoms with Crippen molar-refractivity contribution < 1.29 is 13.7 Å². The van der Waals surface area contributed by atoms with E-state index in [1.807, 2.05) is 255 Å². The van der Waals surface area contributed by atoms with Gasteiger partial charge in [-0.15, -0.1) is 0 Å². The zero-order valence-corrected chi connectivity index (χ0v) is 38.6. The Kier molecular flexibility index (Phi) is 11.9. The first kappa shape index (κ1) is 42.8. The predicted molar refractivity (Wildman–Crippen MR) is 279 cm³/mol. The molecule has 0 aliphatic carbocycles. The van der Waals surface area contributed by atoms with Crippen LogP contribution in [-0.4, -0.2) is 4.98 Å². The monoisotopic (exact) mass is 907 g/mol. The summed E-state index contributed by atoms with van der Waals surface area (Å²) in [6, 6.07) is 85.9. The summed E-state index contributed by atoms with van der Waals surface area (Å²) >= 11 is 0. The van der Waals surface area contributed by atoms with Crippen LogP contribution in [-0.2, 0) is 13.7 Å². The second kappa shape index (κ2) is 18.4. The van der Waals surface area contributed by atoms with Crippen LogP contribution in [0.1, 0.15) is 0 Å². The van der Waals surface area contributed by atoms with E-state index in [1.54, 1.807) is 0 Å².